The molecule has 21 heavy (non-hydrogen) atoms. The first-order valence-corrected chi connectivity index (χ1v) is 7.51. The van der Waals surface area contributed by atoms with Gasteiger partial charge in [0.15, 0.2) is 0 Å². The molecule has 3 rings (SSSR count). The van der Waals surface area contributed by atoms with E-state index in [2.05, 4.69) is 31.3 Å². The lowest BCUT2D eigenvalue weighted by Crippen LogP contribution is -2.34. The lowest BCUT2D eigenvalue weighted by molar-refractivity contribution is 0.0951. The number of fused-ring (bicyclic) bond motifs is 2. The summed E-state index contributed by atoms with van der Waals surface area (Å²) in [4.78, 5) is 12.1. The molecule has 4 nitrogen and oxygen atoms in total. The first kappa shape index (κ1) is 14.1. The Morgan fingerprint density at radius 1 is 1.33 bits per heavy atom. The molecule has 2 fully saturated rings. The minimum absolute atomic E-state index is 0.0188. The van der Waals surface area contributed by atoms with E-state index < -0.39 is 0 Å². The van der Waals surface area contributed by atoms with Gasteiger partial charge in [-0.3, -0.25) is 4.79 Å². The summed E-state index contributed by atoms with van der Waals surface area (Å²) in [5.41, 5.74) is 4.28. The molecule has 0 heterocycles. The van der Waals surface area contributed by atoms with E-state index in [4.69, 9.17) is 0 Å². The minimum atomic E-state index is -0.357. The van der Waals surface area contributed by atoms with Gasteiger partial charge in [0.05, 0.1) is 5.56 Å². The monoisotopic (exact) mass is 286 g/mol. The molecule has 2 aliphatic carbocycles. The fourth-order valence-electron chi connectivity index (χ4n) is 3.94. The van der Waals surface area contributed by atoms with E-state index in [1.54, 1.807) is 18.2 Å². The predicted molar refractivity (Wildman–Crippen MR) is 82.2 cm³/mol. The van der Waals surface area contributed by atoms with Crippen LogP contribution >= 0.6 is 0 Å². The molecule has 112 valence electrons. The van der Waals surface area contributed by atoms with E-state index in [0.717, 1.165) is 18.6 Å². The van der Waals surface area contributed by atoms with Crippen molar-refractivity contribution in [2.24, 2.45) is 21.8 Å². The van der Waals surface area contributed by atoms with E-state index in [1.807, 2.05) is 0 Å². The van der Waals surface area contributed by atoms with Gasteiger partial charge in [0, 0.05) is 11.1 Å². The van der Waals surface area contributed by atoms with Gasteiger partial charge in [0.1, 0.15) is 5.75 Å². The first-order valence-electron chi connectivity index (χ1n) is 7.51. The Balaban J connectivity index is 1.79. The van der Waals surface area contributed by atoms with Crippen LogP contribution in [-0.2, 0) is 0 Å². The first-order chi connectivity index (χ1) is 9.86. The zero-order valence-electron chi connectivity index (χ0n) is 12.8. The van der Waals surface area contributed by atoms with Crippen molar-refractivity contribution in [3.8, 4) is 5.75 Å². The largest absolute Gasteiger partial charge is 0.507 e. The molecule has 0 aromatic heterocycles. The molecular formula is C17H22N2O2. The van der Waals surface area contributed by atoms with E-state index >= 15 is 0 Å². The zero-order valence-corrected chi connectivity index (χ0v) is 12.8. The highest BCUT2D eigenvalue weighted by Gasteiger charge is 2.60. The van der Waals surface area contributed by atoms with Gasteiger partial charge < -0.3 is 5.11 Å². The van der Waals surface area contributed by atoms with Crippen molar-refractivity contribution in [3.05, 3.63) is 29.8 Å². The van der Waals surface area contributed by atoms with Gasteiger partial charge in [-0.25, -0.2) is 5.43 Å². The number of phenols is 1. The van der Waals surface area contributed by atoms with Crippen LogP contribution in [0.5, 0.6) is 5.75 Å². The van der Waals surface area contributed by atoms with Crippen molar-refractivity contribution in [3.63, 3.8) is 0 Å². The lowest BCUT2D eigenvalue weighted by atomic mass is 9.70. The molecular weight excluding hydrogens is 264 g/mol. The van der Waals surface area contributed by atoms with Crippen molar-refractivity contribution in [1.82, 2.24) is 5.43 Å². The smallest absolute Gasteiger partial charge is 0.275 e. The number of hydrogen-bond donors (Lipinski definition) is 2. The highest BCUT2D eigenvalue weighted by molar-refractivity contribution is 5.99. The number of para-hydroxylation sites is 1. The number of hydrogen-bond acceptors (Lipinski definition) is 3. The summed E-state index contributed by atoms with van der Waals surface area (Å²) in [6.45, 7) is 6.86. The van der Waals surface area contributed by atoms with Crippen LogP contribution in [0, 0.1) is 16.7 Å². The molecule has 2 bridgehead atoms. The third-order valence-corrected chi connectivity index (χ3v) is 5.95. The van der Waals surface area contributed by atoms with Gasteiger partial charge in [0.25, 0.3) is 5.91 Å². The van der Waals surface area contributed by atoms with Crippen molar-refractivity contribution in [1.29, 1.82) is 0 Å². The second-order valence-electron chi connectivity index (χ2n) is 7.01. The van der Waals surface area contributed by atoms with Crippen LogP contribution in [-0.4, -0.2) is 16.7 Å². The molecule has 4 heteroatoms. The van der Waals surface area contributed by atoms with Crippen molar-refractivity contribution < 1.29 is 9.90 Å². The Morgan fingerprint density at radius 2 is 2.05 bits per heavy atom. The van der Waals surface area contributed by atoms with Crippen LogP contribution in [0.2, 0.25) is 0 Å². The summed E-state index contributed by atoms with van der Waals surface area (Å²) in [5, 5.41) is 14.1. The number of aromatic hydroxyl groups is 1. The fourth-order valence-corrected chi connectivity index (χ4v) is 3.94. The minimum Gasteiger partial charge on any atom is -0.507 e. The molecule has 0 saturated heterocycles. The average Bonchev–Trinajstić information content (AvgIpc) is 2.78. The third-order valence-electron chi connectivity index (χ3n) is 5.95. The predicted octanol–water partition coefficient (Wildman–Crippen LogP) is 3.32. The number of carbonyl (C=O) groups is 1. The maximum atomic E-state index is 12.1. The van der Waals surface area contributed by atoms with Crippen molar-refractivity contribution in [2.75, 3.05) is 0 Å². The molecule has 0 aliphatic heterocycles. The van der Waals surface area contributed by atoms with Crippen LogP contribution in [0.25, 0.3) is 0 Å². The van der Waals surface area contributed by atoms with Crippen LogP contribution in [0.1, 0.15) is 50.4 Å². The van der Waals surface area contributed by atoms with Crippen LogP contribution in [0.3, 0.4) is 0 Å². The molecule has 2 atom stereocenters. The number of amides is 1. The second-order valence-corrected chi connectivity index (χ2v) is 7.01. The Hall–Kier alpha value is -1.84. The maximum absolute atomic E-state index is 12.1. The van der Waals surface area contributed by atoms with Gasteiger partial charge in [-0.15, -0.1) is 0 Å². The Kier molecular flexibility index (Phi) is 3.08. The molecule has 2 aliphatic rings. The number of rotatable bonds is 2. The fraction of sp³-hybridized carbons (Fsp3) is 0.529. The summed E-state index contributed by atoms with van der Waals surface area (Å²) in [7, 11) is 0. The summed E-state index contributed by atoms with van der Waals surface area (Å²) in [6, 6.07) is 6.52. The van der Waals surface area contributed by atoms with Gasteiger partial charge in [-0.1, -0.05) is 32.9 Å². The number of benzene rings is 1. The van der Waals surface area contributed by atoms with Crippen LogP contribution < -0.4 is 5.43 Å². The zero-order chi connectivity index (χ0) is 15.3. The van der Waals surface area contributed by atoms with Crippen LogP contribution in [0.15, 0.2) is 29.4 Å². The molecule has 2 N–H and O–H groups in total. The topological polar surface area (TPSA) is 61.7 Å². The Morgan fingerprint density at radius 3 is 2.62 bits per heavy atom. The summed E-state index contributed by atoms with van der Waals surface area (Å²) < 4.78 is 0. The van der Waals surface area contributed by atoms with Gasteiger partial charge in [0.2, 0.25) is 0 Å². The number of phenolic OH excluding ortho intramolecular Hbond substituents is 1. The number of hydrazone groups is 1. The van der Waals surface area contributed by atoms with Gasteiger partial charge in [-0.05, 0) is 42.7 Å². The standard InChI is InChI=1S/C17H22N2O2/c1-16(2)11-8-9-17(16,3)14(10-11)18-19-15(21)12-6-4-5-7-13(12)20/h4-7,11,20H,8-10H2,1-3H3,(H,19,21)/b18-14+/t11-,17+/m1/s1. The third kappa shape index (κ3) is 1.96. The second kappa shape index (κ2) is 4.58. The molecule has 1 aromatic rings. The molecule has 0 unspecified atom stereocenters. The highest BCUT2D eigenvalue weighted by atomic mass is 16.3. The number of carbonyl (C=O) groups excluding carboxylic acids is 1. The van der Waals surface area contributed by atoms with E-state index in [9.17, 15) is 9.90 Å². The van der Waals surface area contributed by atoms with E-state index in [0.29, 0.717) is 5.92 Å². The Labute approximate surface area is 125 Å². The van der Waals surface area contributed by atoms with Crippen molar-refractivity contribution in [2.45, 2.75) is 40.0 Å². The molecule has 1 aromatic carbocycles. The quantitative estimate of drug-likeness (QED) is 0.819. The highest BCUT2D eigenvalue weighted by Crippen LogP contribution is 2.63. The molecule has 0 radical (unpaired) electrons. The molecule has 2 saturated carbocycles. The Bertz CT molecular complexity index is 621. The average molecular weight is 286 g/mol. The summed E-state index contributed by atoms with van der Waals surface area (Å²) >= 11 is 0. The van der Waals surface area contributed by atoms with Gasteiger partial charge >= 0.3 is 0 Å². The lowest BCUT2D eigenvalue weighted by Gasteiger charge is -2.34. The van der Waals surface area contributed by atoms with Crippen molar-refractivity contribution >= 4 is 11.6 Å². The number of nitrogens with one attached hydrogen (secondary N) is 1. The van der Waals surface area contributed by atoms with Crippen LogP contribution in [0.4, 0.5) is 0 Å². The summed E-state index contributed by atoms with van der Waals surface area (Å²) in [5.74, 6) is 0.280. The normalized spacial score (nSPS) is 31.6. The van der Waals surface area contributed by atoms with E-state index in [1.165, 1.54) is 12.5 Å². The molecule has 1 amide bonds. The maximum Gasteiger partial charge on any atom is 0.275 e. The van der Waals surface area contributed by atoms with Gasteiger partial charge in [-0.2, -0.15) is 5.10 Å². The molecule has 0 spiro atoms. The summed E-state index contributed by atoms with van der Waals surface area (Å²) in [6.07, 6.45) is 3.34. The van der Waals surface area contributed by atoms with E-state index in [-0.39, 0.29) is 28.1 Å². The number of nitrogens with zero attached hydrogens (tertiary/aromatic N) is 1. The SMILES string of the molecule is CC1(C)[C@@H]2CC[C@@]1(C)/C(=N/NC(=O)c1ccccc1O)C2.